The number of aromatic nitrogens is 2. The summed E-state index contributed by atoms with van der Waals surface area (Å²) in [5.41, 5.74) is 2.48. The molecule has 3 aliphatic heterocycles. The predicted octanol–water partition coefficient (Wildman–Crippen LogP) is 8.10. The van der Waals surface area contributed by atoms with Crippen molar-refractivity contribution in [3.05, 3.63) is 129 Å². The standard InChI is InChI=1S/C39H36F6N4O2/c40-38(41,42)29-19-28(20-30(21-29)39(43,44)45)37(51)49-17-13-31(22-32(49)18-25-6-2-1-3-7-25)47-14-10-27(11-15-47)35-34-9-5-4-8-26(34)12-16-48-33(24-50)23-46-36(35)48/h1-9,19-21,23-24,31-32H,10-18,22H2/t31-,32-/m0/s1. The number of likely N-dealkylation sites (tertiary alicyclic amines) is 2. The van der Waals surface area contributed by atoms with Gasteiger partial charge >= 0.3 is 12.4 Å². The van der Waals surface area contributed by atoms with Gasteiger partial charge < -0.3 is 9.47 Å². The third kappa shape index (κ3) is 7.11. The molecule has 0 N–H and O–H groups in total. The molecule has 4 heterocycles. The Bertz CT molecular complexity index is 1920. The van der Waals surface area contributed by atoms with Gasteiger partial charge in [0.2, 0.25) is 0 Å². The summed E-state index contributed by atoms with van der Waals surface area (Å²) < 4.78 is 84.0. The van der Waals surface area contributed by atoms with E-state index in [9.17, 15) is 35.9 Å². The Morgan fingerprint density at radius 1 is 0.824 bits per heavy atom. The Morgan fingerprint density at radius 2 is 1.49 bits per heavy atom. The Kier molecular flexibility index (Phi) is 9.38. The molecule has 0 saturated carbocycles. The molecule has 266 valence electrons. The molecule has 51 heavy (non-hydrogen) atoms. The minimum Gasteiger partial charge on any atom is -0.335 e. The summed E-state index contributed by atoms with van der Waals surface area (Å²) in [5.74, 6) is -0.0441. The third-order valence-corrected chi connectivity index (χ3v) is 10.5. The lowest BCUT2D eigenvalue weighted by molar-refractivity contribution is -0.143. The maximum Gasteiger partial charge on any atom is 0.416 e. The van der Waals surface area contributed by atoms with E-state index in [1.54, 1.807) is 6.20 Å². The summed E-state index contributed by atoms with van der Waals surface area (Å²) in [6, 6.07) is 18.4. The summed E-state index contributed by atoms with van der Waals surface area (Å²) in [4.78, 5) is 34.2. The first-order valence-electron chi connectivity index (χ1n) is 17.1. The van der Waals surface area contributed by atoms with E-state index in [1.807, 2.05) is 47.0 Å². The smallest absolute Gasteiger partial charge is 0.335 e. The van der Waals surface area contributed by atoms with Crippen molar-refractivity contribution < 1.29 is 35.9 Å². The van der Waals surface area contributed by atoms with Crippen molar-refractivity contribution in [1.29, 1.82) is 0 Å². The van der Waals surface area contributed by atoms with Crippen LogP contribution in [0, 0.1) is 0 Å². The molecule has 0 aliphatic carbocycles. The fourth-order valence-corrected chi connectivity index (χ4v) is 7.96. The molecule has 2 atom stereocenters. The predicted molar refractivity (Wildman–Crippen MR) is 179 cm³/mol. The molecule has 0 radical (unpaired) electrons. The SMILES string of the molecule is O=Cc1cnc2n1CCc1ccccc1C2=C1CCN([C@H]2CCN(C(=O)c3cc(C(F)(F)F)cc(C(F)(F)F)c3)[C@@H](Cc3ccccc3)C2)CC1. The molecule has 4 aromatic rings. The van der Waals surface area contributed by atoms with Gasteiger partial charge in [0, 0.05) is 49.4 Å². The molecule has 0 spiro atoms. The number of nitrogens with zero attached hydrogens (tertiary/aromatic N) is 4. The lowest BCUT2D eigenvalue weighted by atomic mass is 9.87. The van der Waals surface area contributed by atoms with Crippen molar-refractivity contribution in [3.8, 4) is 0 Å². The zero-order chi connectivity index (χ0) is 35.9. The van der Waals surface area contributed by atoms with Gasteiger partial charge in [0.1, 0.15) is 11.5 Å². The summed E-state index contributed by atoms with van der Waals surface area (Å²) in [6.45, 7) is 2.33. The van der Waals surface area contributed by atoms with Gasteiger partial charge in [0.25, 0.3) is 5.91 Å². The zero-order valence-electron chi connectivity index (χ0n) is 27.7. The van der Waals surface area contributed by atoms with Crippen molar-refractivity contribution >= 4 is 17.8 Å². The Labute approximate surface area is 291 Å². The minimum absolute atomic E-state index is 0.0482. The van der Waals surface area contributed by atoms with Gasteiger partial charge in [-0.3, -0.25) is 14.5 Å². The van der Waals surface area contributed by atoms with Crippen LogP contribution in [0.15, 0.2) is 84.6 Å². The first kappa shape index (κ1) is 34.7. The van der Waals surface area contributed by atoms with Crippen molar-refractivity contribution in [1.82, 2.24) is 19.4 Å². The van der Waals surface area contributed by atoms with E-state index in [1.165, 1.54) is 16.0 Å². The summed E-state index contributed by atoms with van der Waals surface area (Å²) in [5, 5.41) is 0. The molecule has 2 fully saturated rings. The van der Waals surface area contributed by atoms with E-state index in [-0.39, 0.29) is 18.7 Å². The number of fused-ring (bicyclic) bond motifs is 2. The topological polar surface area (TPSA) is 58.4 Å². The number of alkyl halides is 6. The number of rotatable bonds is 5. The van der Waals surface area contributed by atoms with Gasteiger partial charge in [0.15, 0.2) is 6.29 Å². The van der Waals surface area contributed by atoms with E-state index in [0.29, 0.717) is 43.6 Å². The first-order valence-corrected chi connectivity index (χ1v) is 17.1. The van der Waals surface area contributed by atoms with Gasteiger partial charge in [-0.1, -0.05) is 60.2 Å². The highest BCUT2D eigenvalue weighted by Crippen LogP contribution is 2.39. The van der Waals surface area contributed by atoms with Crippen molar-refractivity contribution in [2.75, 3.05) is 19.6 Å². The second kappa shape index (κ2) is 13.8. The monoisotopic (exact) mass is 706 g/mol. The highest BCUT2D eigenvalue weighted by molar-refractivity contribution is 5.95. The van der Waals surface area contributed by atoms with Gasteiger partial charge in [-0.05, 0) is 73.4 Å². The molecule has 6 nitrogen and oxygen atoms in total. The van der Waals surface area contributed by atoms with Gasteiger partial charge in [-0.25, -0.2) is 4.98 Å². The molecule has 0 bridgehead atoms. The Balaban J connectivity index is 1.15. The van der Waals surface area contributed by atoms with Crippen molar-refractivity contribution in [2.45, 2.75) is 69.5 Å². The van der Waals surface area contributed by atoms with Gasteiger partial charge in [-0.15, -0.1) is 0 Å². The summed E-state index contributed by atoms with van der Waals surface area (Å²) in [6.07, 6.45) is -3.87. The van der Waals surface area contributed by atoms with Crippen LogP contribution in [0.3, 0.4) is 0 Å². The Morgan fingerprint density at radius 3 is 2.16 bits per heavy atom. The molecule has 3 aliphatic rings. The molecular formula is C39H36F6N4O2. The quantitative estimate of drug-likeness (QED) is 0.156. The van der Waals surface area contributed by atoms with Crippen LogP contribution in [0.25, 0.3) is 5.57 Å². The van der Waals surface area contributed by atoms with Crippen LogP contribution in [0.4, 0.5) is 26.3 Å². The van der Waals surface area contributed by atoms with Crippen molar-refractivity contribution in [2.24, 2.45) is 0 Å². The number of halogens is 6. The number of carbonyl (C=O) groups excluding carboxylic acids is 2. The van der Waals surface area contributed by atoms with Gasteiger partial charge in [-0.2, -0.15) is 26.3 Å². The van der Waals surface area contributed by atoms with E-state index >= 15 is 0 Å². The molecule has 3 aromatic carbocycles. The number of benzene rings is 3. The highest BCUT2D eigenvalue weighted by atomic mass is 19.4. The van der Waals surface area contributed by atoms with E-state index < -0.39 is 41.0 Å². The second-order valence-corrected chi connectivity index (χ2v) is 13.5. The Hall–Kier alpha value is -4.71. The average molecular weight is 707 g/mol. The average Bonchev–Trinajstić information content (AvgIpc) is 3.45. The minimum atomic E-state index is -5.05. The van der Waals surface area contributed by atoms with Crippen LogP contribution in [0.2, 0.25) is 0 Å². The number of aldehydes is 1. The van der Waals surface area contributed by atoms with E-state index in [0.717, 1.165) is 61.2 Å². The first-order chi connectivity index (χ1) is 24.4. The second-order valence-electron chi connectivity index (χ2n) is 13.5. The fraction of sp³-hybridized carbons (Fsp3) is 0.359. The van der Waals surface area contributed by atoms with Crippen molar-refractivity contribution in [3.63, 3.8) is 0 Å². The van der Waals surface area contributed by atoms with E-state index in [4.69, 9.17) is 0 Å². The summed E-state index contributed by atoms with van der Waals surface area (Å²) in [7, 11) is 0. The third-order valence-electron chi connectivity index (χ3n) is 10.5. The molecule has 7 rings (SSSR count). The number of piperidine rings is 2. The highest BCUT2D eigenvalue weighted by Gasteiger charge is 2.40. The molecule has 2 saturated heterocycles. The van der Waals surface area contributed by atoms with Crippen LogP contribution >= 0.6 is 0 Å². The van der Waals surface area contributed by atoms with Crippen LogP contribution in [0.1, 0.15) is 80.2 Å². The number of aryl methyl sites for hydroxylation is 1. The number of amides is 1. The summed E-state index contributed by atoms with van der Waals surface area (Å²) >= 11 is 0. The lowest BCUT2D eigenvalue weighted by Crippen LogP contribution is -2.53. The zero-order valence-corrected chi connectivity index (χ0v) is 27.7. The van der Waals surface area contributed by atoms with E-state index in [2.05, 4.69) is 22.0 Å². The van der Waals surface area contributed by atoms with Crippen LogP contribution in [0.5, 0.6) is 0 Å². The number of hydrogen-bond donors (Lipinski definition) is 0. The number of imidazole rings is 1. The maximum atomic E-state index is 13.9. The number of hydrogen-bond acceptors (Lipinski definition) is 4. The maximum absolute atomic E-state index is 13.9. The molecule has 1 aromatic heterocycles. The van der Waals surface area contributed by atoms with Gasteiger partial charge in [0.05, 0.1) is 17.3 Å². The fourth-order valence-electron chi connectivity index (χ4n) is 7.96. The van der Waals surface area contributed by atoms with Crippen LogP contribution in [-0.4, -0.2) is 63.3 Å². The normalized spacial score (nSPS) is 20.1. The molecular weight excluding hydrogens is 670 g/mol. The molecule has 12 heteroatoms. The van der Waals surface area contributed by atoms with Crippen LogP contribution in [-0.2, 0) is 31.7 Å². The van der Waals surface area contributed by atoms with Crippen LogP contribution < -0.4 is 0 Å². The lowest BCUT2D eigenvalue weighted by Gasteiger charge is -2.45. The largest absolute Gasteiger partial charge is 0.416 e. The molecule has 1 amide bonds. The molecule has 0 unspecified atom stereocenters. The number of carbonyl (C=O) groups is 2.